The number of nitro groups is 1. The number of benzene rings is 1. The number of fused-ring (bicyclic) bond motifs is 1. The fraction of sp³-hybridized carbons (Fsp3) is 0. The highest BCUT2D eigenvalue weighted by Gasteiger charge is 2.21. The smallest absolute Gasteiger partial charge is 0.336 e. The fourth-order valence-electron chi connectivity index (χ4n) is 2.02. The van der Waals surface area contributed by atoms with E-state index < -0.39 is 10.9 Å². The molecule has 23 heavy (non-hydrogen) atoms. The lowest BCUT2D eigenvalue weighted by atomic mass is 10.2. The molecule has 0 radical (unpaired) electrons. The van der Waals surface area contributed by atoms with Gasteiger partial charge in [-0.3, -0.25) is 15.1 Å². The third kappa shape index (κ3) is 3.24. The molecule has 0 unspecified atom stereocenters. The first-order chi connectivity index (χ1) is 11.1. The largest absolute Gasteiger partial charge is 0.414 e. The van der Waals surface area contributed by atoms with E-state index in [1.54, 1.807) is 24.3 Å². The van der Waals surface area contributed by atoms with Gasteiger partial charge < -0.3 is 4.74 Å². The summed E-state index contributed by atoms with van der Waals surface area (Å²) in [7, 11) is 0. The van der Waals surface area contributed by atoms with E-state index in [2.05, 4.69) is 4.98 Å². The molecule has 0 spiro atoms. The predicted octanol–water partition coefficient (Wildman–Crippen LogP) is 3.82. The quantitative estimate of drug-likeness (QED) is 0.239. The molecule has 0 atom stereocenters. The maximum Gasteiger partial charge on any atom is 0.336 e. The number of thiophene rings is 1. The molecular weight excluding hydrogens is 316 g/mol. The van der Waals surface area contributed by atoms with Gasteiger partial charge in [-0.25, -0.2) is 4.79 Å². The predicted molar refractivity (Wildman–Crippen MR) is 87.4 cm³/mol. The fourth-order valence-corrected chi connectivity index (χ4v) is 2.64. The zero-order valence-corrected chi connectivity index (χ0v) is 12.5. The van der Waals surface area contributed by atoms with Gasteiger partial charge >= 0.3 is 11.7 Å². The van der Waals surface area contributed by atoms with Crippen LogP contribution < -0.4 is 4.74 Å². The average molecular weight is 326 g/mol. The summed E-state index contributed by atoms with van der Waals surface area (Å²) in [5.41, 5.74) is -0.0198. The van der Waals surface area contributed by atoms with Crippen molar-refractivity contribution in [2.24, 2.45) is 0 Å². The van der Waals surface area contributed by atoms with Crippen LogP contribution in [0.25, 0.3) is 17.0 Å². The van der Waals surface area contributed by atoms with Crippen LogP contribution in [0.5, 0.6) is 5.75 Å². The molecule has 0 fully saturated rings. The van der Waals surface area contributed by atoms with Gasteiger partial charge in [0, 0.05) is 28.6 Å². The summed E-state index contributed by atoms with van der Waals surface area (Å²) >= 11 is 1.47. The minimum Gasteiger partial charge on any atom is -0.414 e. The third-order valence-electron chi connectivity index (χ3n) is 3.03. The maximum atomic E-state index is 12.0. The molecule has 1 aromatic carbocycles. The Morgan fingerprint density at radius 1 is 1.26 bits per heavy atom. The first kappa shape index (κ1) is 14.9. The van der Waals surface area contributed by atoms with E-state index in [0.29, 0.717) is 5.39 Å². The van der Waals surface area contributed by atoms with Crippen LogP contribution in [-0.4, -0.2) is 15.9 Å². The van der Waals surface area contributed by atoms with Gasteiger partial charge in [0.2, 0.25) is 5.75 Å². The van der Waals surface area contributed by atoms with E-state index >= 15 is 0 Å². The number of carbonyl (C=O) groups excluding carboxylic acids is 1. The lowest BCUT2D eigenvalue weighted by Gasteiger charge is -2.06. The molecule has 0 amide bonds. The Labute approximate surface area is 134 Å². The number of rotatable bonds is 4. The van der Waals surface area contributed by atoms with Crippen LogP contribution in [0.4, 0.5) is 5.69 Å². The van der Waals surface area contributed by atoms with Gasteiger partial charge in [-0.2, -0.15) is 0 Å². The first-order valence-electron chi connectivity index (χ1n) is 6.60. The Bertz CT molecular complexity index is 904. The summed E-state index contributed by atoms with van der Waals surface area (Å²) in [5, 5.41) is 13.7. The molecule has 0 aliphatic rings. The van der Waals surface area contributed by atoms with Gasteiger partial charge in [-0.1, -0.05) is 12.1 Å². The average Bonchev–Trinajstić information content (AvgIpc) is 3.06. The second-order valence-electron chi connectivity index (χ2n) is 4.52. The summed E-state index contributed by atoms with van der Waals surface area (Å²) in [5.74, 6) is -0.839. The number of carbonyl (C=O) groups is 1. The van der Waals surface area contributed by atoms with E-state index in [0.717, 1.165) is 4.88 Å². The third-order valence-corrected chi connectivity index (χ3v) is 3.87. The van der Waals surface area contributed by atoms with Gasteiger partial charge in [0.05, 0.1) is 4.92 Å². The van der Waals surface area contributed by atoms with Crippen LogP contribution in [0.2, 0.25) is 0 Å². The summed E-state index contributed by atoms with van der Waals surface area (Å²) < 4.78 is 5.19. The van der Waals surface area contributed by atoms with Crippen molar-refractivity contribution in [2.75, 3.05) is 0 Å². The van der Waals surface area contributed by atoms with Gasteiger partial charge in [-0.05, 0) is 29.7 Å². The minimum atomic E-state index is -0.695. The monoisotopic (exact) mass is 326 g/mol. The highest BCUT2D eigenvalue weighted by Crippen LogP contribution is 2.34. The SMILES string of the molecule is O=C(/C=C/c1cccs1)Oc1c([N+](=O)[O-])ccc2cccnc12. The van der Waals surface area contributed by atoms with Crippen LogP contribution in [0.1, 0.15) is 4.88 Å². The van der Waals surface area contributed by atoms with E-state index in [1.807, 2.05) is 17.5 Å². The number of esters is 1. The number of nitro benzene ring substituents is 1. The van der Waals surface area contributed by atoms with E-state index in [4.69, 9.17) is 4.74 Å². The van der Waals surface area contributed by atoms with Crippen LogP contribution >= 0.6 is 11.3 Å². The maximum absolute atomic E-state index is 12.0. The summed E-state index contributed by atoms with van der Waals surface area (Å²) in [4.78, 5) is 27.5. The molecule has 0 saturated carbocycles. The van der Waals surface area contributed by atoms with Crippen LogP contribution in [0, 0.1) is 10.1 Å². The summed E-state index contributed by atoms with van der Waals surface area (Å²) in [6.45, 7) is 0. The van der Waals surface area contributed by atoms with Crippen molar-refractivity contribution in [2.45, 2.75) is 0 Å². The van der Waals surface area contributed by atoms with Crippen molar-refractivity contribution in [3.8, 4) is 5.75 Å². The molecule has 6 nitrogen and oxygen atoms in total. The summed E-state index contributed by atoms with van der Waals surface area (Å²) in [6, 6.07) is 10.0. The molecule has 2 aromatic heterocycles. The van der Waals surface area contributed by atoms with Gasteiger partial charge in [-0.15, -0.1) is 11.3 Å². The van der Waals surface area contributed by atoms with Crippen LogP contribution in [0.3, 0.4) is 0 Å². The van der Waals surface area contributed by atoms with Crippen molar-refractivity contribution < 1.29 is 14.5 Å². The molecule has 2 heterocycles. The molecule has 3 rings (SSSR count). The lowest BCUT2D eigenvalue weighted by molar-refractivity contribution is -0.385. The highest BCUT2D eigenvalue weighted by atomic mass is 32.1. The number of hydrogen-bond donors (Lipinski definition) is 0. The van der Waals surface area contributed by atoms with E-state index in [1.165, 1.54) is 29.7 Å². The minimum absolute atomic E-state index is 0.145. The van der Waals surface area contributed by atoms with Gasteiger partial charge in [0.1, 0.15) is 5.52 Å². The number of nitrogens with zero attached hydrogens (tertiary/aromatic N) is 2. The topological polar surface area (TPSA) is 82.3 Å². The second-order valence-corrected chi connectivity index (χ2v) is 5.50. The van der Waals surface area contributed by atoms with Gasteiger partial charge in [0.25, 0.3) is 0 Å². The van der Waals surface area contributed by atoms with Gasteiger partial charge in [0.15, 0.2) is 0 Å². The normalized spacial score (nSPS) is 11.0. The molecule has 0 saturated heterocycles. The Hall–Kier alpha value is -3.06. The zero-order chi connectivity index (χ0) is 16.2. The molecule has 7 heteroatoms. The number of aromatic nitrogens is 1. The number of pyridine rings is 1. The van der Waals surface area contributed by atoms with Crippen molar-refractivity contribution in [3.63, 3.8) is 0 Å². The molecule has 0 bridgehead atoms. The van der Waals surface area contributed by atoms with Crippen molar-refractivity contribution in [1.29, 1.82) is 0 Å². The Balaban J connectivity index is 1.96. The Morgan fingerprint density at radius 2 is 2.13 bits per heavy atom. The molecule has 0 aliphatic carbocycles. The molecule has 0 N–H and O–H groups in total. The number of hydrogen-bond acceptors (Lipinski definition) is 6. The molecule has 0 aliphatic heterocycles. The van der Waals surface area contributed by atoms with E-state index in [9.17, 15) is 14.9 Å². The standard InChI is InChI=1S/C16H10N2O4S/c19-14(8-6-12-4-2-10-23-12)22-16-13(18(20)21)7-5-11-3-1-9-17-15(11)16/h1-10H/b8-6+. The lowest BCUT2D eigenvalue weighted by Crippen LogP contribution is -2.06. The zero-order valence-electron chi connectivity index (χ0n) is 11.7. The summed E-state index contributed by atoms with van der Waals surface area (Å²) in [6.07, 6.45) is 4.32. The van der Waals surface area contributed by atoms with Crippen molar-refractivity contribution >= 4 is 40.0 Å². The second kappa shape index (κ2) is 6.37. The Kier molecular flexibility index (Phi) is 4.11. The Morgan fingerprint density at radius 3 is 2.87 bits per heavy atom. The van der Waals surface area contributed by atoms with Crippen LogP contribution in [0.15, 0.2) is 54.1 Å². The molecule has 114 valence electrons. The van der Waals surface area contributed by atoms with Crippen LogP contribution in [-0.2, 0) is 4.79 Å². The van der Waals surface area contributed by atoms with Crippen molar-refractivity contribution in [3.05, 3.63) is 69.0 Å². The van der Waals surface area contributed by atoms with E-state index in [-0.39, 0.29) is 17.0 Å². The van der Waals surface area contributed by atoms with Crippen molar-refractivity contribution in [1.82, 2.24) is 4.98 Å². The molecular formula is C16H10N2O4S. The molecule has 3 aromatic rings. The first-order valence-corrected chi connectivity index (χ1v) is 7.48. The number of ether oxygens (including phenoxy) is 1. The highest BCUT2D eigenvalue weighted by molar-refractivity contribution is 7.10.